The van der Waals surface area contributed by atoms with E-state index in [1.807, 2.05) is 25.7 Å². The van der Waals surface area contributed by atoms with Crippen molar-refractivity contribution in [1.29, 1.82) is 0 Å². The molecule has 2 atom stereocenters. The predicted octanol–water partition coefficient (Wildman–Crippen LogP) is 3.46. The van der Waals surface area contributed by atoms with Gasteiger partial charge in [0.15, 0.2) is 0 Å². The van der Waals surface area contributed by atoms with Crippen molar-refractivity contribution in [3.8, 4) is 0 Å². The quantitative estimate of drug-likeness (QED) is 0.922. The fraction of sp³-hybridized carbons (Fsp3) is 0.412. The number of aryl methyl sites for hydroxylation is 1. The van der Waals surface area contributed by atoms with Crippen molar-refractivity contribution in [3.63, 3.8) is 0 Å². The zero-order valence-electron chi connectivity index (χ0n) is 13.9. The van der Waals surface area contributed by atoms with Gasteiger partial charge < -0.3 is 15.0 Å². The first kappa shape index (κ1) is 16.9. The number of carbonyl (C=O) groups is 1. The lowest BCUT2D eigenvalue weighted by atomic mass is 10.2. The molecule has 0 radical (unpaired) electrons. The number of hydrogen-bond acceptors (Lipinski definition) is 5. The summed E-state index contributed by atoms with van der Waals surface area (Å²) in [5.41, 5.74) is 0.963. The number of nitrogens with zero attached hydrogens (tertiary/aromatic N) is 2. The molecule has 5 nitrogen and oxygen atoms in total. The minimum absolute atomic E-state index is 0.0575. The molecule has 128 valence electrons. The number of ether oxygens (including phenoxy) is 1. The van der Waals surface area contributed by atoms with Gasteiger partial charge in [-0.05, 0) is 39.0 Å². The number of carbonyl (C=O) groups excluding carboxylic acids is 1. The van der Waals surface area contributed by atoms with Crippen LogP contribution in [-0.2, 0) is 4.74 Å². The van der Waals surface area contributed by atoms with Crippen LogP contribution in [0, 0.1) is 12.7 Å². The second-order valence-corrected chi connectivity index (χ2v) is 7.26. The van der Waals surface area contributed by atoms with Gasteiger partial charge >= 0.3 is 0 Å². The van der Waals surface area contributed by atoms with Gasteiger partial charge in [0.05, 0.1) is 29.1 Å². The highest BCUT2D eigenvalue weighted by Crippen LogP contribution is 2.26. The number of anilines is 2. The van der Waals surface area contributed by atoms with Gasteiger partial charge in [-0.1, -0.05) is 0 Å². The lowest BCUT2D eigenvalue weighted by molar-refractivity contribution is -0.00539. The molecule has 1 aromatic heterocycles. The van der Waals surface area contributed by atoms with E-state index in [0.717, 1.165) is 5.01 Å². The van der Waals surface area contributed by atoms with E-state index in [1.165, 1.54) is 23.6 Å². The lowest BCUT2D eigenvalue weighted by Gasteiger charge is -2.37. The maximum Gasteiger partial charge on any atom is 0.267 e. The minimum atomic E-state index is -0.352. The molecule has 1 saturated heterocycles. The van der Waals surface area contributed by atoms with Crippen LogP contribution in [0.15, 0.2) is 24.4 Å². The number of morpholine rings is 1. The van der Waals surface area contributed by atoms with Crippen molar-refractivity contribution in [2.75, 3.05) is 23.3 Å². The summed E-state index contributed by atoms with van der Waals surface area (Å²) in [6.07, 6.45) is 1.64. The van der Waals surface area contributed by atoms with Gasteiger partial charge in [-0.15, -0.1) is 11.3 Å². The van der Waals surface area contributed by atoms with E-state index in [2.05, 4.69) is 10.3 Å². The first-order valence-corrected chi connectivity index (χ1v) is 8.68. The SMILES string of the molecule is Cc1ncc(C(=O)Nc2ccc(N3CC(C)OC(C)C3)c(F)c2)s1. The molecule has 1 aliphatic heterocycles. The Bertz CT molecular complexity index is 739. The monoisotopic (exact) mass is 349 g/mol. The van der Waals surface area contributed by atoms with Crippen LogP contribution >= 0.6 is 11.3 Å². The van der Waals surface area contributed by atoms with Gasteiger partial charge in [-0.3, -0.25) is 4.79 Å². The summed E-state index contributed by atoms with van der Waals surface area (Å²) < 4.78 is 20.2. The molecule has 0 bridgehead atoms. The summed E-state index contributed by atoms with van der Waals surface area (Å²) in [4.78, 5) is 18.7. The normalized spacial score (nSPS) is 20.9. The van der Waals surface area contributed by atoms with E-state index in [1.54, 1.807) is 12.1 Å². The first-order valence-electron chi connectivity index (χ1n) is 7.86. The molecule has 0 saturated carbocycles. The molecule has 2 heterocycles. The largest absolute Gasteiger partial charge is 0.372 e. The number of benzene rings is 1. The van der Waals surface area contributed by atoms with E-state index in [4.69, 9.17) is 4.74 Å². The maximum absolute atomic E-state index is 14.5. The Morgan fingerprint density at radius 3 is 2.67 bits per heavy atom. The Morgan fingerprint density at radius 1 is 1.38 bits per heavy atom. The Morgan fingerprint density at radius 2 is 2.08 bits per heavy atom. The van der Waals surface area contributed by atoms with E-state index in [9.17, 15) is 9.18 Å². The van der Waals surface area contributed by atoms with Crippen molar-refractivity contribution in [2.24, 2.45) is 0 Å². The Hall–Kier alpha value is -1.99. The molecule has 1 N–H and O–H groups in total. The third-order valence-electron chi connectivity index (χ3n) is 3.81. The van der Waals surface area contributed by atoms with Crippen molar-refractivity contribution in [3.05, 3.63) is 40.1 Å². The molecule has 0 spiro atoms. The molecule has 24 heavy (non-hydrogen) atoms. The predicted molar refractivity (Wildman–Crippen MR) is 93.4 cm³/mol. The van der Waals surface area contributed by atoms with E-state index < -0.39 is 0 Å². The van der Waals surface area contributed by atoms with Crippen LogP contribution in [-0.4, -0.2) is 36.2 Å². The van der Waals surface area contributed by atoms with Crippen LogP contribution in [0.25, 0.3) is 0 Å². The highest BCUT2D eigenvalue weighted by atomic mass is 32.1. The second kappa shape index (κ2) is 6.86. The zero-order chi connectivity index (χ0) is 17.3. The summed E-state index contributed by atoms with van der Waals surface area (Å²) in [5.74, 6) is -0.629. The van der Waals surface area contributed by atoms with E-state index in [0.29, 0.717) is 29.3 Å². The molecule has 7 heteroatoms. The molecule has 1 aromatic carbocycles. The number of halogens is 1. The van der Waals surface area contributed by atoms with E-state index in [-0.39, 0.29) is 23.9 Å². The van der Waals surface area contributed by atoms with Crippen LogP contribution in [0.4, 0.5) is 15.8 Å². The summed E-state index contributed by atoms with van der Waals surface area (Å²) in [6.45, 7) is 7.08. The fourth-order valence-electron chi connectivity index (χ4n) is 2.87. The maximum atomic E-state index is 14.5. The number of aromatic nitrogens is 1. The molecular weight excluding hydrogens is 329 g/mol. The zero-order valence-corrected chi connectivity index (χ0v) is 14.7. The average Bonchev–Trinajstić information content (AvgIpc) is 2.93. The van der Waals surface area contributed by atoms with Crippen LogP contribution < -0.4 is 10.2 Å². The third-order valence-corrected chi connectivity index (χ3v) is 4.72. The summed E-state index contributed by atoms with van der Waals surface area (Å²) >= 11 is 1.31. The van der Waals surface area contributed by atoms with Crippen LogP contribution in [0.2, 0.25) is 0 Å². The van der Waals surface area contributed by atoms with Crippen LogP contribution in [0.1, 0.15) is 28.5 Å². The molecule has 1 aliphatic rings. The van der Waals surface area contributed by atoms with Crippen LogP contribution in [0.5, 0.6) is 0 Å². The number of hydrogen-bond donors (Lipinski definition) is 1. The van der Waals surface area contributed by atoms with Gasteiger partial charge in [0.2, 0.25) is 0 Å². The number of nitrogens with one attached hydrogen (secondary N) is 1. The molecule has 2 aromatic rings. The molecule has 3 rings (SSSR count). The summed E-state index contributed by atoms with van der Waals surface area (Å²) in [7, 11) is 0. The molecule has 1 fully saturated rings. The van der Waals surface area contributed by atoms with E-state index >= 15 is 0 Å². The van der Waals surface area contributed by atoms with Crippen molar-refractivity contribution < 1.29 is 13.9 Å². The fourth-order valence-corrected chi connectivity index (χ4v) is 3.55. The smallest absolute Gasteiger partial charge is 0.267 e. The van der Waals surface area contributed by atoms with Gasteiger partial charge in [-0.2, -0.15) is 0 Å². The van der Waals surface area contributed by atoms with Crippen molar-refractivity contribution >= 4 is 28.6 Å². The third kappa shape index (κ3) is 3.73. The lowest BCUT2D eigenvalue weighted by Crippen LogP contribution is -2.45. The van der Waals surface area contributed by atoms with Gasteiger partial charge in [-0.25, -0.2) is 9.37 Å². The molecule has 1 amide bonds. The highest BCUT2D eigenvalue weighted by molar-refractivity contribution is 7.13. The summed E-state index contributed by atoms with van der Waals surface area (Å²) in [6, 6.07) is 4.77. The average molecular weight is 349 g/mol. The van der Waals surface area contributed by atoms with Gasteiger partial charge in [0.1, 0.15) is 10.7 Å². The Labute approximate surface area is 144 Å². The number of rotatable bonds is 3. The molecular formula is C17H20FN3O2S. The highest BCUT2D eigenvalue weighted by Gasteiger charge is 2.24. The van der Waals surface area contributed by atoms with Crippen LogP contribution in [0.3, 0.4) is 0 Å². The second-order valence-electron chi connectivity index (χ2n) is 6.03. The topological polar surface area (TPSA) is 54.5 Å². The minimum Gasteiger partial charge on any atom is -0.372 e. The van der Waals surface area contributed by atoms with Gasteiger partial charge in [0.25, 0.3) is 5.91 Å². The molecule has 0 aliphatic carbocycles. The Balaban J connectivity index is 1.74. The van der Waals surface area contributed by atoms with Gasteiger partial charge in [0, 0.05) is 18.8 Å². The summed E-state index contributed by atoms with van der Waals surface area (Å²) in [5, 5.41) is 3.53. The Kier molecular flexibility index (Phi) is 4.82. The first-order chi connectivity index (χ1) is 11.4. The van der Waals surface area contributed by atoms with Crippen molar-refractivity contribution in [1.82, 2.24) is 4.98 Å². The molecule has 2 unspecified atom stereocenters. The number of amides is 1. The van der Waals surface area contributed by atoms with Crippen molar-refractivity contribution in [2.45, 2.75) is 33.0 Å². The number of thiazole rings is 1. The standard InChI is InChI=1S/C17H20FN3O2S/c1-10-8-21(9-11(2)23-10)15-5-4-13(6-14(15)18)20-17(22)16-7-19-12(3)24-16/h4-7,10-11H,8-9H2,1-3H3,(H,20,22).